The fourth-order valence-corrected chi connectivity index (χ4v) is 2.74. The number of amides is 2. The van der Waals surface area contributed by atoms with Gasteiger partial charge in [-0.2, -0.15) is 0 Å². The van der Waals surface area contributed by atoms with Gasteiger partial charge in [0.15, 0.2) is 5.76 Å². The number of nitrogens with zero attached hydrogens (tertiary/aromatic N) is 1. The number of anilines is 1. The summed E-state index contributed by atoms with van der Waals surface area (Å²) in [6.07, 6.45) is 1.90. The standard InChI is InChI=1S/C20H17NO4S/c22-19(18-11-6-13-25-18)21(20(23)26)17-10-5-4-7-15(17)12-14-24-16-8-2-1-3-9-16/h1-11,13H,12,14H2,(H,23,26). The maximum absolute atomic E-state index is 12.6. The maximum Gasteiger partial charge on any atom is 0.301 e. The van der Waals surface area contributed by atoms with Crippen molar-refractivity contribution in [3.63, 3.8) is 0 Å². The number of benzene rings is 2. The second kappa shape index (κ2) is 8.40. The van der Waals surface area contributed by atoms with E-state index in [9.17, 15) is 9.59 Å². The number of imide groups is 1. The lowest BCUT2D eigenvalue weighted by Gasteiger charge is -2.20. The molecule has 132 valence electrons. The molecule has 2 aromatic carbocycles. The molecule has 2 amide bonds. The SMILES string of the molecule is O=C(S)N(C(=O)c1ccco1)c1ccccc1CCOc1ccccc1. The van der Waals surface area contributed by atoms with Gasteiger partial charge in [0.2, 0.25) is 0 Å². The molecular weight excluding hydrogens is 350 g/mol. The fraction of sp³-hybridized carbons (Fsp3) is 0.100. The van der Waals surface area contributed by atoms with Crippen LogP contribution in [0.1, 0.15) is 16.1 Å². The number of para-hydroxylation sites is 2. The van der Waals surface area contributed by atoms with E-state index < -0.39 is 11.1 Å². The Balaban J connectivity index is 1.80. The largest absolute Gasteiger partial charge is 0.493 e. The van der Waals surface area contributed by atoms with Crippen LogP contribution >= 0.6 is 12.6 Å². The molecule has 1 aromatic heterocycles. The van der Waals surface area contributed by atoms with Crippen LogP contribution in [0.25, 0.3) is 0 Å². The molecule has 0 N–H and O–H groups in total. The molecule has 0 spiro atoms. The fourth-order valence-electron chi connectivity index (χ4n) is 2.55. The molecule has 6 heteroatoms. The van der Waals surface area contributed by atoms with Gasteiger partial charge in [0, 0.05) is 6.42 Å². The minimum atomic E-state index is -0.678. The molecule has 3 aromatic rings. The second-order valence-corrected chi connectivity index (χ2v) is 5.82. The van der Waals surface area contributed by atoms with E-state index in [2.05, 4.69) is 12.6 Å². The quantitative estimate of drug-likeness (QED) is 0.647. The summed E-state index contributed by atoms with van der Waals surface area (Å²) in [6, 6.07) is 19.7. The van der Waals surface area contributed by atoms with Crippen LogP contribution in [0.15, 0.2) is 77.4 Å². The molecule has 26 heavy (non-hydrogen) atoms. The summed E-state index contributed by atoms with van der Waals surface area (Å²) < 4.78 is 10.8. The smallest absolute Gasteiger partial charge is 0.301 e. The molecular formula is C20H17NO4S. The monoisotopic (exact) mass is 367 g/mol. The summed E-state index contributed by atoms with van der Waals surface area (Å²) in [5, 5.41) is -0.678. The topological polar surface area (TPSA) is 59.8 Å². The number of rotatable bonds is 6. The van der Waals surface area contributed by atoms with E-state index in [1.807, 2.05) is 42.5 Å². The minimum absolute atomic E-state index is 0.0720. The Bertz CT molecular complexity index is 878. The maximum atomic E-state index is 12.6. The molecule has 0 saturated heterocycles. The highest BCUT2D eigenvalue weighted by Gasteiger charge is 2.26. The van der Waals surface area contributed by atoms with Crippen molar-refractivity contribution in [1.82, 2.24) is 0 Å². The van der Waals surface area contributed by atoms with Gasteiger partial charge in [-0.15, -0.1) is 0 Å². The zero-order chi connectivity index (χ0) is 18.4. The summed E-state index contributed by atoms with van der Waals surface area (Å²) in [4.78, 5) is 25.7. The Morgan fingerprint density at radius 3 is 2.38 bits per heavy atom. The molecule has 0 bridgehead atoms. The molecule has 0 fully saturated rings. The summed E-state index contributed by atoms with van der Waals surface area (Å²) in [5.41, 5.74) is 1.26. The van der Waals surface area contributed by atoms with Crippen LogP contribution < -0.4 is 9.64 Å². The van der Waals surface area contributed by atoms with Crippen molar-refractivity contribution >= 4 is 29.5 Å². The number of thiol groups is 1. The number of carbonyl (C=O) groups excluding carboxylic acids is 2. The summed E-state index contributed by atoms with van der Waals surface area (Å²) in [7, 11) is 0. The molecule has 0 aliphatic carbocycles. The third kappa shape index (κ3) is 4.15. The highest BCUT2D eigenvalue weighted by atomic mass is 32.1. The third-order valence-electron chi connectivity index (χ3n) is 3.74. The van der Waals surface area contributed by atoms with Crippen LogP contribution in [0.2, 0.25) is 0 Å². The molecule has 0 atom stereocenters. The van der Waals surface area contributed by atoms with E-state index in [0.717, 1.165) is 16.2 Å². The Labute approximate surface area is 156 Å². The summed E-state index contributed by atoms with van der Waals surface area (Å²) in [5.74, 6) is 0.271. The lowest BCUT2D eigenvalue weighted by Crippen LogP contribution is -2.33. The van der Waals surface area contributed by atoms with Gasteiger partial charge in [0.25, 0.3) is 5.24 Å². The summed E-state index contributed by atoms with van der Waals surface area (Å²) in [6.45, 7) is 0.407. The van der Waals surface area contributed by atoms with Crippen molar-refractivity contribution in [2.75, 3.05) is 11.5 Å². The molecule has 0 saturated carbocycles. The van der Waals surface area contributed by atoms with E-state index >= 15 is 0 Å². The Kier molecular flexibility index (Phi) is 5.76. The van der Waals surface area contributed by atoms with Crippen molar-refractivity contribution < 1.29 is 18.7 Å². The Morgan fingerprint density at radius 2 is 1.69 bits per heavy atom. The first-order chi connectivity index (χ1) is 12.7. The number of ether oxygens (including phenoxy) is 1. The van der Waals surface area contributed by atoms with Crippen LogP contribution in [0, 0.1) is 0 Å². The van der Waals surface area contributed by atoms with Gasteiger partial charge < -0.3 is 9.15 Å². The van der Waals surface area contributed by atoms with E-state index in [1.165, 1.54) is 12.3 Å². The lowest BCUT2D eigenvalue weighted by molar-refractivity contribution is 0.0971. The number of hydrogen-bond acceptors (Lipinski definition) is 4. The van der Waals surface area contributed by atoms with E-state index in [1.54, 1.807) is 18.2 Å². The predicted molar refractivity (Wildman–Crippen MR) is 102 cm³/mol. The van der Waals surface area contributed by atoms with Gasteiger partial charge >= 0.3 is 5.91 Å². The van der Waals surface area contributed by atoms with E-state index in [-0.39, 0.29) is 5.76 Å². The molecule has 0 aliphatic rings. The van der Waals surface area contributed by atoms with Crippen LogP contribution in [0.4, 0.5) is 10.5 Å². The van der Waals surface area contributed by atoms with Gasteiger partial charge in [-0.05, 0) is 35.9 Å². The van der Waals surface area contributed by atoms with Crippen molar-refractivity contribution in [1.29, 1.82) is 0 Å². The van der Waals surface area contributed by atoms with Gasteiger partial charge in [0.05, 0.1) is 18.6 Å². The number of carbonyl (C=O) groups is 2. The van der Waals surface area contributed by atoms with Gasteiger partial charge in [-0.25, -0.2) is 4.90 Å². The van der Waals surface area contributed by atoms with Crippen molar-refractivity contribution in [2.24, 2.45) is 0 Å². The van der Waals surface area contributed by atoms with Crippen LogP contribution in [-0.4, -0.2) is 17.8 Å². The molecule has 0 aliphatic heterocycles. The highest BCUT2D eigenvalue weighted by molar-refractivity contribution is 7.97. The lowest BCUT2D eigenvalue weighted by atomic mass is 10.1. The van der Waals surface area contributed by atoms with Crippen molar-refractivity contribution in [3.05, 3.63) is 84.3 Å². The first-order valence-electron chi connectivity index (χ1n) is 8.03. The summed E-state index contributed by atoms with van der Waals surface area (Å²) >= 11 is 3.86. The van der Waals surface area contributed by atoms with Crippen LogP contribution in [0.3, 0.4) is 0 Å². The number of hydrogen-bond donors (Lipinski definition) is 1. The first kappa shape index (κ1) is 17.8. The van der Waals surface area contributed by atoms with Gasteiger partial charge in [-0.3, -0.25) is 9.59 Å². The van der Waals surface area contributed by atoms with Gasteiger partial charge in [-0.1, -0.05) is 49.0 Å². The van der Waals surface area contributed by atoms with Gasteiger partial charge in [0.1, 0.15) is 5.75 Å². The van der Waals surface area contributed by atoms with Crippen LogP contribution in [-0.2, 0) is 6.42 Å². The second-order valence-electron chi connectivity index (χ2n) is 5.44. The molecule has 3 rings (SSSR count). The predicted octanol–water partition coefficient (Wildman–Crippen LogP) is 4.60. The Hall–Kier alpha value is -2.99. The van der Waals surface area contributed by atoms with E-state index in [0.29, 0.717) is 18.7 Å². The minimum Gasteiger partial charge on any atom is -0.493 e. The third-order valence-corrected chi connectivity index (χ3v) is 3.94. The van der Waals surface area contributed by atoms with Crippen LogP contribution in [0.5, 0.6) is 5.75 Å². The molecule has 0 unspecified atom stereocenters. The zero-order valence-corrected chi connectivity index (χ0v) is 14.8. The first-order valence-corrected chi connectivity index (χ1v) is 8.48. The highest BCUT2D eigenvalue weighted by Crippen LogP contribution is 2.25. The molecule has 0 radical (unpaired) electrons. The average Bonchev–Trinajstić information content (AvgIpc) is 3.18. The molecule has 1 heterocycles. The normalized spacial score (nSPS) is 10.3. The van der Waals surface area contributed by atoms with E-state index in [4.69, 9.17) is 9.15 Å². The Morgan fingerprint density at radius 1 is 0.962 bits per heavy atom. The van der Waals surface area contributed by atoms with Crippen molar-refractivity contribution in [3.8, 4) is 5.75 Å². The average molecular weight is 367 g/mol. The number of furan rings is 1. The molecule has 5 nitrogen and oxygen atoms in total. The van der Waals surface area contributed by atoms with Crippen molar-refractivity contribution in [2.45, 2.75) is 6.42 Å². The zero-order valence-electron chi connectivity index (χ0n) is 13.9.